The fraction of sp³-hybridized carbons (Fsp3) is 0.286. The van der Waals surface area contributed by atoms with Crippen LogP contribution in [-0.4, -0.2) is 50.7 Å². The normalized spacial score (nSPS) is 22.4. The predicted molar refractivity (Wildman–Crippen MR) is 71.4 cm³/mol. The number of para-hydroxylation sites is 1. The number of aliphatic hydroxyl groups is 1. The SMILES string of the molecule is O=C(O)[C@@H]1C[C@@H](O)CN1C(=O)c1cc2ccccc2[nH]1. The largest absolute Gasteiger partial charge is 0.480 e. The maximum Gasteiger partial charge on any atom is 0.326 e. The lowest BCUT2D eigenvalue weighted by Gasteiger charge is -2.20. The van der Waals surface area contributed by atoms with Crippen molar-refractivity contribution in [1.29, 1.82) is 0 Å². The van der Waals surface area contributed by atoms with Crippen LogP contribution in [0, 0.1) is 0 Å². The zero-order valence-electron chi connectivity index (χ0n) is 10.6. The van der Waals surface area contributed by atoms with Gasteiger partial charge in [-0.25, -0.2) is 4.79 Å². The number of hydrogen-bond acceptors (Lipinski definition) is 3. The summed E-state index contributed by atoms with van der Waals surface area (Å²) in [5.41, 5.74) is 1.16. The molecular formula is C14H14N2O4. The number of likely N-dealkylation sites (tertiary alicyclic amines) is 1. The molecule has 2 heterocycles. The molecule has 0 unspecified atom stereocenters. The fourth-order valence-corrected chi connectivity index (χ4v) is 2.62. The smallest absolute Gasteiger partial charge is 0.326 e. The van der Waals surface area contributed by atoms with Crippen LogP contribution in [0.5, 0.6) is 0 Å². The number of benzene rings is 1. The van der Waals surface area contributed by atoms with Gasteiger partial charge in [0.15, 0.2) is 0 Å². The number of amides is 1. The molecule has 6 heteroatoms. The summed E-state index contributed by atoms with van der Waals surface area (Å²) in [6.45, 7) is 0.0468. The molecule has 0 bridgehead atoms. The molecule has 104 valence electrons. The summed E-state index contributed by atoms with van der Waals surface area (Å²) >= 11 is 0. The van der Waals surface area contributed by atoms with Gasteiger partial charge in [-0.1, -0.05) is 18.2 Å². The average molecular weight is 274 g/mol. The Morgan fingerprint density at radius 3 is 2.75 bits per heavy atom. The number of aliphatic carboxylic acids is 1. The van der Waals surface area contributed by atoms with E-state index in [0.717, 1.165) is 10.9 Å². The van der Waals surface area contributed by atoms with Gasteiger partial charge in [-0.2, -0.15) is 0 Å². The van der Waals surface area contributed by atoms with Crippen LogP contribution in [0.25, 0.3) is 10.9 Å². The monoisotopic (exact) mass is 274 g/mol. The zero-order chi connectivity index (χ0) is 14.3. The molecule has 0 radical (unpaired) electrons. The molecule has 0 saturated carbocycles. The van der Waals surface area contributed by atoms with E-state index in [2.05, 4.69) is 4.98 Å². The molecule has 0 spiro atoms. The Morgan fingerprint density at radius 1 is 1.30 bits per heavy atom. The van der Waals surface area contributed by atoms with Gasteiger partial charge in [0.25, 0.3) is 5.91 Å². The number of aromatic amines is 1. The molecule has 2 aromatic rings. The number of fused-ring (bicyclic) bond motifs is 1. The van der Waals surface area contributed by atoms with Crippen LogP contribution in [0.3, 0.4) is 0 Å². The van der Waals surface area contributed by atoms with Gasteiger partial charge >= 0.3 is 5.97 Å². The van der Waals surface area contributed by atoms with Gasteiger partial charge in [-0.05, 0) is 12.1 Å². The lowest BCUT2D eigenvalue weighted by Crippen LogP contribution is -2.40. The van der Waals surface area contributed by atoms with E-state index in [1.165, 1.54) is 4.90 Å². The number of rotatable bonds is 2. The number of carboxylic acid groups (broad SMARTS) is 1. The molecule has 3 rings (SSSR count). The van der Waals surface area contributed by atoms with E-state index in [1.807, 2.05) is 24.3 Å². The lowest BCUT2D eigenvalue weighted by molar-refractivity contribution is -0.141. The number of aromatic nitrogens is 1. The van der Waals surface area contributed by atoms with Crippen LogP contribution < -0.4 is 0 Å². The number of hydrogen-bond donors (Lipinski definition) is 3. The van der Waals surface area contributed by atoms with E-state index in [9.17, 15) is 14.7 Å². The van der Waals surface area contributed by atoms with Crippen molar-refractivity contribution in [3.63, 3.8) is 0 Å². The first-order valence-electron chi connectivity index (χ1n) is 6.36. The van der Waals surface area contributed by atoms with E-state index < -0.39 is 24.0 Å². The molecule has 20 heavy (non-hydrogen) atoms. The number of carbonyl (C=O) groups excluding carboxylic acids is 1. The van der Waals surface area contributed by atoms with Crippen molar-refractivity contribution in [2.75, 3.05) is 6.54 Å². The number of nitrogens with one attached hydrogen (secondary N) is 1. The molecule has 1 amide bonds. The molecule has 2 atom stereocenters. The molecule has 1 aliphatic heterocycles. The highest BCUT2D eigenvalue weighted by atomic mass is 16.4. The van der Waals surface area contributed by atoms with Crippen molar-refractivity contribution in [3.05, 3.63) is 36.0 Å². The first kappa shape index (κ1) is 12.7. The molecule has 3 N–H and O–H groups in total. The number of H-pyrrole nitrogens is 1. The van der Waals surface area contributed by atoms with Gasteiger partial charge in [0.2, 0.25) is 0 Å². The van der Waals surface area contributed by atoms with E-state index in [1.54, 1.807) is 6.07 Å². The molecule has 1 aromatic heterocycles. The molecular weight excluding hydrogens is 260 g/mol. The Hall–Kier alpha value is -2.34. The van der Waals surface area contributed by atoms with Crippen molar-refractivity contribution in [1.82, 2.24) is 9.88 Å². The van der Waals surface area contributed by atoms with E-state index >= 15 is 0 Å². The summed E-state index contributed by atoms with van der Waals surface area (Å²) in [5, 5.41) is 19.6. The third kappa shape index (κ3) is 2.04. The minimum absolute atomic E-state index is 0.0468. The van der Waals surface area contributed by atoms with Crippen molar-refractivity contribution in [2.24, 2.45) is 0 Å². The summed E-state index contributed by atoms with van der Waals surface area (Å²) in [6.07, 6.45) is -0.717. The van der Waals surface area contributed by atoms with Crippen molar-refractivity contribution < 1.29 is 19.8 Å². The van der Waals surface area contributed by atoms with Crippen molar-refractivity contribution in [2.45, 2.75) is 18.6 Å². The van der Waals surface area contributed by atoms with Crippen molar-refractivity contribution >= 4 is 22.8 Å². The third-order valence-corrected chi connectivity index (χ3v) is 3.59. The highest BCUT2D eigenvalue weighted by Gasteiger charge is 2.39. The van der Waals surface area contributed by atoms with Crippen LogP contribution in [0.1, 0.15) is 16.9 Å². The van der Waals surface area contributed by atoms with Crippen LogP contribution in [-0.2, 0) is 4.79 Å². The molecule has 0 aliphatic carbocycles. The summed E-state index contributed by atoms with van der Waals surface area (Å²) in [7, 11) is 0. The number of nitrogens with zero attached hydrogens (tertiary/aromatic N) is 1. The number of aliphatic hydroxyl groups excluding tert-OH is 1. The van der Waals surface area contributed by atoms with Gasteiger partial charge in [-0.15, -0.1) is 0 Å². The molecule has 1 aromatic carbocycles. The Morgan fingerprint density at radius 2 is 2.05 bits per heavy atom. The maximum absolute atomic E-state index is 12.4. The first-order chi connectivity index (χ1) is 9.56. The standard InChI is InChI=1S/C14H14N2O4/c17-9-6-12(14(19)20)16(7-9)13(18)11-5-8-3-1-2-4-10(8)15-11/h1-5,9,12,15,17H,6-7H2,(H,19,20)/t9-,12+/m1/s1. The first-order valence-corrected chi connectivity index (χ1v) is 6.36. The Bertz CT molecular complexity index is 646. The number of β-amino-alcohol motifs (C(OH)–C–C–N with tert-alkyl or cyclic N) is 1. The predicted octanol–water partition coefficient (Wildman–Crippen LogP) is 0.828. The quantitative estimate of drug-likeness (QED) is 0.756. The second kappa shape index (κ2) is 4.64. The van der Waals surface area contributed by atoms with E-state index in [0.29, 0.717) is 5.69 Å². The highest BCUT2D eigenvalue weighted by molar-refractivity contribution is 5.99. The molecule has 6 nitrogen and oxygen atoms in total. The second-order valence-electron chi connectivity index (χ2n) is 4.97. The highest BCUT2D eigenvalue weighted by Crippen LogP contribution is 2.22. The summed E-state index contributed by atoms with van der Waals surface area (Å²) in [5.74, 6) is -1.49. The molecule has 1 aliphatic rings. The summed E-state index contributed by atoms with van der Waals surface area (Å²) in [4.78, 5) is 27.7. The third-order valence-electron chi connectivity index (χ3n) is 3.59. The van der Waals surface area contributed by atoms with E-state index in [-0.39, 0.29) is 13.0 Å². The fourth-order valence-electron chi connectivity index (χ4n) is 2.62. The topological polar surface area (TPSA) is 93.6 Å². The molecule has 1 fully saturated rings. The van der Waals surface area contributed by atoms with Crippen LogP contribution in [0.4, 0.5) is 0 Å². The minimum Gasteiger partial charge on any atom is -0.480 e. The van der Waals surface area contributed by atoms with Crippen LogP contribution in [0.2, 0.25) is 0 Å². The Labute approximate surface area is 114 Å². The average Bonchev–Trinajstić information content (AvgIpc) is 3.01. The number of carbonyl (C=O) groups is 2. The second-order valence-corrected chi connectivity index (χ2v) is 4.97. The maximum atomic E-state index is 12.4. The van der Waals surface area contributed by atoms with Crippen molar-refractivity contribution in [3.8, 4) is 0 Å². The van der Waals surface area contributed by atoms with Gasteiger partial charge in [0.05, 0.1) is 6.10 Å². The Kier molecular flexibility index (Phi) is 2.94. The summed E-state index contributed by atoms with van der Waals surface area (Å²) in [6, 6.07) is 8.16. The zero-order valence-corrected chi connectivity index (χ0v) is 10.6. The van der Waals surface area contributed by atoms with Gasteiger partial charge in [-0.3, -0.25) is 4.79 Å². The van der Waals surface area contributed by atoms with Gasteiger partial charge < -0.3 is 20.1 Å². The van der Waals surface area contributed by atoms with Gasteiger partial charge in [0, 0.05) is 23.9 Å². The van der Waals surface area contributed by atoms with Crippen LogP contribution >= 0.6 is 0 Å². The molecule has 1 saturated heterocycles. The van der Waals surface area contributed by atoms with Gasteiger partial charge in [0.1, 0.15) is 11.7 Å². The lowest BCUT2D eigenvalue weighted by atomic mass is 10.2. The minimum atomic E-state index is -1.09. The van der Waals surface area contributed by atoms with E-state index in [4.69, 9.17) is 5.11 Å². The van der Waals surface area contributed by atoms with Crippen LogP contribution in [0.15, 0.2) is 30.3 Å². The summed E-state index contributed by atoms with van der Waals surface area (Å²) < 4.78 is 0. The number of carboxylic acids is 1. The Balaban J connectivity index is 1.93.